The smallest absolute Gasteiger partial charge is 0.349 e. The molecule has 1 atom stereocenters. The van der Waals surface area contributed by atoms with E-state index in [1.54, 1.807) is 31.2 Å². The molecule has 1 fully saturated rings. The van der Waals surface area contributed by atoms with Crippen LogP contribution in [0.3, 0.4) is 0 Å². The van der Waals surface area contributed by atoms with Gasteiger partial charge in [0.2, 0.25) is 0 Å². The second-order valence-electron chi connectivity index (χ2n) is 6.37. The van der Waals surface area contributed by atoms with Crippen molar-refractivity contribution in [1.82, 2.24) is 0 Å². The molecule has 0 bridgehead atoms. The zero-order chi connectivity index (χ0) is 18.1. The van der Waals surface area contributed by atoms with Crippen LogP contribution in [0.25, 0.3) is 0 Å². The Morgan fingerprint density at radius 3 is 2.65 bits per heavy atom. The van der Waals surface area contributed by atoms with Crippen molar-refractivity contribution in [3.63, 3.8) is 0 Å². The number of anilines is 1. The van der Waals surface area contributed by atoms with Gasteiger partial charge in [0.1, 0.15) is 24.5 Å². The number of amides is 1. The number of fused-ring (bicyclic) bond motifs is 1. The summed E-state index contributed by atoms with van der Waals surface area (Å²) in [5.41, 5.74) is 0.467. The van der Waals surface area contributed by atoms with Crippen LogP contribution in [0.2, 0.25) is 0 Å². The monoisotopic (exact) mass is 357 g/mol. The third-order valence-electron chi connectivity index (χ3n) is 4.53. The Labute approximate surface area is 149 Å². The molecule has 2 aliphatic rings. The number of hydrogen-bond acceptors (Lipinski definition) is 6. The van der Waals surface area contributed by atoms with Crippen molar-refractivity contribution in [2.75, 3.05) is 31.7 Å². The van der Waals surface area contributed by atoms with Gasteiger partial charge in [0.05, 0.1) is 6.61 Å². The molecule has 0 radical (unpaired) electrons. The first-order chi connectivity index (χ1) is 12.6. The second kappa shape index (κ2) is 6.84. The van der Waals surface area contributed by atoms with Gasteiger partial charge in [-0.15, -0.1) is 0 Å². The number of carbonyl (C=O) groups excluding carboxylic acids is 1. The Morgan fingerprint density at radius 2 is 1.92 bits per heavy atom. The van der Waals surface area contributed by atoms with Gasteiger partial charge in [-0.25, -0.2) is 4.79 Å². The quantitative estimate of drug-likeness (QED) is 0.908. The molecule has 1 aromatic carbocycles. The van der Waals surface area contributed by atoms with Crippen LogP contribution in [-0.2, 0) is 4.74 Å². The highest BCUT2D eigenvalue weighted by Crippen LogP contribution is 2.32. The van der Waals surface area contributed by atoms with Gasteiger partial charge < -0.3 is 23.9 Å². The van der Waals surface area contributed by atoms with Crippen LogP contribution in [0.15, 0.2) is 33.5 Å². The number of aryl methyl sites for hydroxylation is 1. The average molecular weight is 357 g/mol. The first kappa shape index (κ1) is 16.7. The standard InChI is InChI=1S/C19H19NO6/c1-11-8-15(12-4-5-23-10-12)26-19(22)17(11)18(21)20-13-2-3-14-16(9-13)25-7-6-24-14/h2-3,8-9,12H,4-7,10H2,1H3,(H,20,21). The molecule has 2 aromatic rings. The fourth-order valence-electron chi connectivity index (χ4n) is 3.18. The van der Waals surface area contributed by atoms with Crippen molar-refractivity contribution in [2.45, 2.75) is 19.3 Å². The Balaban J connectivity index is 1.57. The molecule has 3 heterocycles. The number of nitrogens with one attached hydrogen (secondary N) is 1. The number of ether oxygens (including phenoxy) is 3. The van der Waals surface area contributed by atoms with Gasteiger partial charge in [-0.1, -0.05) is 0 Å². The molecule has 4 rings (SSSR count). The Bertz CT molecular complexity index is 897. The first-order valence-electron chi connectivity index (χ1n) is 8.55. The average Bonchev–Trinajstić information content (AvgIpc) is 3.15. The molecule has 0 spiro atoms. The number of rotatable bonds is 3. The normalized spacial score (nSPS) is 18.6. The molecular formula is C19H19NO6. The lowest BCUT2D eigenvalue weighted by atomic mass is 10.0. The summed E-state index contributed by atoms with van der Waals surface area (Å²) < 4.78 is 21.7. The van der Waals surface area contributed by atoms with Crippen LogP contribution < -0.4 is 20.4 Å². The number of benzene rings is 1. The summed E-state index contributed by atoms with van der Waals surface area (Å²) >= 11 is 0. The third-order valence-corrected chi connectivity index (χ3v) is 4.53. The zero-order valence-electron chi connectivity index (χ0n) is 14.4. The fraction of sp³-hybridized carbons (Fsp3) is 0.368. The molecule has 1 saturated heterocycles. The minimum atomic E-state index is -0.637. The maximum atomic E-state index is 12.6. The van der Waals surface area contributed by atoms with Gasteiger partial charge in [-0.2, -0.15) is 0 Å². The van der Waals surface area contributed by atoms with Gasteiger partial charge in [-0.05, 0) is 37.1 Å². The van der Waals surface area contributed by atoms with Crippen molar-refractivity contribution in [2.24, 2.45) is 0 Å². The van der Waals surface area contributed by atoms with Crippen molar-refractivity contribution < 1.29 is 23.4 Å². The maximum Gasteiger partial charge on any atom is 0.349 e. The van der Waals surface area contributed by atoms with E-state index < -0.39 is 11.5 Å². The summed E-state index contributed by atoms with van der Waals surface area (Å²) in [6.07, 6.45) is 0.811. The predicted molar refractivity (Wildman–Crippen MR) is 93.3 cm³/mol. The largest absolute Gasteiger partial charge is 0.486 e. The van der Waals surface area contributed by atoms with Crippen molar-refractivity contribution in [1.29, 1.82) is 0 Å². The van der Waals surface area contributed by atoms with Crippen LogP contribution >= 0.6 is 0 Å². The number of hydrogen-bond donors (Lipinski definition) is 1. The van der Waals surface area contributed by atoms with E-state index in [0.29, 0.717) is 54.9 Å². The topological polar surface area (TPSA) is 87.0 Å². The lowest BCUT2D eigenvalue weighted by molar-refractivity contribution is 0.102. The van der Waals surface area contributed by atoms with E-state index >= 15 is 0 Å². The molecule has 2 aliphatic heterocycles. The minimum Gasteiger partial charge on any atom is -0.486 e. The minimum absolute atomic E-state index is 0.00237. The van der Waals surface area contributed by atoms with Crippen LogP contribution in [0.1, 0.15) is 34.0 Å². The second-order valence-corrected chi connectivity index (χ2v) is 6.37. The Kier molecular flexibility index (Phi) is 4.38. The zero-order valence-corrected chi connectivity index (χ0v) is 14.4. The van der Waals surface area contributed by atoms with E-state index in [2.05, 4.69) is 5.32 Å². The van der Waals surface area contributed by atoms with Crippen LogP contribution in [0.5, 0.6) is 11.5 Å². The first-order valence-corrected chi connectivity index (χ1v) is 8.55. The van der Waals surface area contributed by atoms with E-state index in [0.717, 1.165) is 6.42 Å². The molecular weight excluding hydrogens is 338 g/mol. The van der Waals surface area contributed by atoms with Crippen molar-refractivity contribution in [3.8, 4) is 11.5 Å². The van der Waals surface area contributed by atoms with E-state index in [1.165, 1.54) is 0 Å². The summed E-state index contributed by atoms with van der Waals surface area (Å²) in [6.45, 7) is 3.87. The molecule has 136 valence electrons. The highest BCUT2D eigenvalue weighted by Gasteiger charge is 2.24. The summed E-state index contributed by atoms with van der Waals surface area (Å²) in [6, 6.07) is 6.85. The van der Waals surface area contributed by atoms with Crippen molar-refractivity contribution in [3.05, 3.63) is 51.6 Å². The SMILES string of the molecule is Cc1cc(C2CCOC2)oc(=O)c1C(=O)Nc1ccc2c(c1)OCCO2. The fourth-order valence-corrected chi connectivity index (χ4v) is 3.18. The third kappa shape index (κ3) is 3.17. The predicted octanol–water partition coefficient (Wildman–Crippen LogP) is 2.48. The summed E-state index contributed by atoms with van der Waals surface area (Å²) in [5.74, 6) is 1.32. The number of carbonyl (C=O) groups is 1. The van der Waals surface area contributed by atoms with E-state index in [1.807, 2.05) is 0 Å². The Hall–Kier alpha value is -2.80. The highest BCUT2D eigenvalue weighted by atomic mass is 16.6. The Morgan fingerprint density at radius 1 is 1.12 bits per heavy atom. The summed E-state index contributed by atoms with van der Waals surface area (Å²) in [5, 5.41) is 2.72. The molecule has 7 nitrogen and oxygen atoms in total. The van der Waals surface area contributed by atoms with Gasteiger partial charge in [-0.3, -0.25) is 4.79 Å². The van der Waals surface area contributed by atoms with Crippen molar-refractivity contribution >= 4 is 11.6 Å². The van der Waals surface area contributed by atoms with Gasteiger partial charge >= 0.3 is 5.63 Å². The van der Waals surface area contributed by atoms with E-state index in [4.69, 9.17) is 18.6 Å². The van der Waals surface area contributed by atoms with Gasteiger partial charge in [0.25, 0.3) is 5.91 Å². The van der Waals surface area contributed by atoms with Gasteiger partial charge in [0.15, 0.2) is 11.5 Å². The molecule has 0 saturated carbocycles. The summed E-state index contributed by atoms with van der Waals surface area (Å²) in [4.78, 5) is 25.0. The molecule has 7 heteroatoms. The molecule has 1 amide bonds. The molecule has 0 aliphatic carbocycles. The molecule has 1 N–H and O–H groups in total. The highest BCUT2D eigenvalue weighted by molar-refractivity contribution is 6.05. The lowest BCUT2D eigenvalue weighted by Gasteiger charge is -2.19. The molecule has 1 aromatic heterocycles. The summed E-state index contributed by atoms with van der Waals surface area (Å²) in [7, 11) is 0. The van der Waals surface area contributed by atoms with E-state index in [9.17, 15) is 9.59 Å². The van der Waals surface area contributed by atoms with Crippen LogP contribution in [-0.4, -0.2) is 32.3 Å². The van der Waals surface area contributed by atoms with E-state index in [-0.39, 0.29) is 11.5 Å². The lowest BCUT2D eigenvalue weighted by Crippen LogP contribution is -2.23. The van der Waals surface area contributed by atoms with Crippen LogP contribution in [0.4, 0.5) is 5.69 Å². The van der Waals surface area contributed by atoms with Crippen LogP contribution in [0, 0.1) is 6.92 Å². The molecule has 1 unspecified atom stereocenters. The maximum absolute atomic E-state index is 12.6. The molecule has 26 heavy (non-hydrogen) atoms. The van der Waals surface area contributed by atoms with Gasteiger partial charge in [0, 0.05) is 24.3 Å².